The predicted octanol–water partition coefficient (Wildman–Crippen LogP) is 1.01. The SMILES string of the molecule is O=C(NCc1ccccc1O)C1CCNCC1. The minimum atomic E-state index is 0.0924. The third-order valence-electron chi connectivity index (χ3n) is 3.15. The maximum atomic E-state index is 11.9. The first-order valence-corrected chi connectivity index (χ1v) is 6.02. The largest absolute Gasteiger partial charge is 0.508 e. The van der Waals surface area contributed by atoms with Crippen LogP contribution in [0.15, 0.2) is 24.3 Å². The van der Waals surface area contributed by atoms with Crippen molar-refractivity contribution in [2.75, 3.05) is 13.1 Å². The lowest BCUT2D eigenvalue weighted by atomic mass is 9.97. The number of para-hydroxylation sites is 1. The Morgan fingerprint density at radius 1 is 1.35 bits per heavy atom. The number of nitrogens with one attached hydrogen (secondary N) is 2. The molecule has 0 aromatic heterocycles. The number of hydrogen-bond donors (Lipinski definition) is 3. The molecular weight excluding hydrogens is 216 g/mol. The molecule has 0 aliphatic carbocycles. The lowest BCUT2D eigenvalue weighted by Crippen LogP contribution is -2.37. The molecule has 1 heterocycles. The number of piperidine rings is 1. The molecule has 4 heteroatoms. The molecule has 1 saturated heterocycles. The Labute approximate surface area is 101 Å². The minimum absolute atomic E-state index is 0.0924. The van der Waals surface area contributed by atoms with Gasteiger partial charge in [0.1, 0.15) is 5.75 Å². The monoisotopic (exact) mass is 234 g/mol. The molecule has 0 atom stereocenters. The van der Waals surface area contributed by atoms with Crippen molar-refractivity contribution >= 4 is 5.91 Å². The summed E-state index contributed by atoms with van der Waals surface area (Å²) in [7, 11) is 0. The second kappa shape index (κ2) is 5.68. The van der Waals surface area contributed by atoms with Crippen molar-refractivity contribution < 1.29 is 9.90 Å². The number of carbonyl (C=O) groups excluding carboxylic acids is 1. The average Bonchev–Trinajstić information content (AvgIpc) is 2.38. The van der Waals surface area contributed by atoms with Gasteiger partial charge in [-0.3, -0.25) is 4.79 Å². The van der Waals surface area contributed by atoms with E-state index in [1.807, 2.05) is 12.1 Å². The molecule has 0 saturated carbocycles. The lowest BCUT2D eigenvalue weighted by molar-refractivity contribution is -0.125. The number of benzene rings is 1. The number of amides is 1. The van der Waals surface area contributed by atoms with E-state index in [1.54, 1.807) is 12.1 Å². The molecular formula is C13H18N2O2. The molecule has 0 unspecified atom stereocenters. The first-order valence-electron chi connectivity index (χ1n) is 6.02. The van der Waals surface area contributed by atoms with Gasteiger partial charge in [-0.2, -0.15) is 0 Å². The van der Waals surface area contributed by atoms with Gasteiger partial charge < -0.3 is 15.7 Å². The Kier molecular flexibility index (Phi) is 3.98. The Balaban J connectivity index is 1.85. The summed E-state index contributed by atoms with van der Waals surface area (Å²) in [6.45, 7) is 2.22. The molecule has 1 aromatic rings. The van der Waals surface area contributed by atoms with E-state index >= 15 is 0 Å². The highest BCUT2D eigenvalue weighted by atomic mass is 16.3. The molecule has 17 heavy (non-hydrogen) atoms. The van der Waals surface area contributed by atoms with Crippen LogP contribution < -0.4 is 10.6 Å². The number of phenolic OH excluding ortho intramolecular Hbond substituents is 1. The van der Waals surface area contributed by atoms with Gasteiger partial charge in [0.25, 0.3) is 0 Å². The summed E-state index contributed by atoms with van der Waals surface area (Å²) in [6, 6.07) is 7.07. The van der Waals surface area contributed by atoms with Crippen molar-refractivity contribution in [3.63, 3.8) is 0 Å². The molecule has 1 aromatic carbocycles. The topological polar surface area (TPSA) is 61.4 Å². The second-order valence-corrected chi connectivity index (χ2v) is 4.37. The standard InChI is InChI=1S/C13H18N2O2/c16-12-4-2-1-3-11(12)9-15-13(17)10-5-7-14-8-6-10/h1-4,10,14,16H,5-9H2,(H,15,17). The minimum Gasteiger partial charge on any atom is -0.508 e. The molecule has 1 aliphatic rings. The third kappa shape index (κ3) is 3.20. The van der Waals surface area contributed by atoms with E-state index in [2.05, 4.69) is 10.6 Å². The summed E-state index contributed by atoms with van der Waals surface area (Å²) in [5, 5.41) is 15.7. The fourth-order valence-corrected chi connectivity index (χ4v) is 2.07. The van der Waals surface area contributed by atoms with Crippen LogP contribution in [0.2, 0.25) is 0 Å². The van der Waals surface area contributed by atoms with Gasteiger partial charge in [-0.1, -0.05) is 18.2 Å². The fraction of sp³-hybridized carbons (Fsp3) is 0.462. The second-order valence-electron chi connectivity index (χ2n) is 4.37. The van der Waals surface area contributed by atoms with Crippen LogP contribution in [0.4, 0.5) is 0 Å². The van der Waals surface area contributed by atoms with Crippen LogP contribution in [0, 0.1) is 5.92 Å². The van der Waals surface area contributed by atoms with E-state index in [0.717, 1.165) is 31.5 Å². The van der Waals surface area contributed by atoms with Crippen LogP contribution in [0.25, 0.3) is 0 Å². The Hall–Kier alpha value is -1.55. The van der Waals surface area contributed by atoms with Crippen LogP contribution in [0.1, 0.15) is 18.4 Å². The Morgan fingerprint density at radius 2 is 2.06 bits per heavy atom. The van der Waals surface area contributed by atoms with E-state index < -0.39 is 0 Å². The first-order chi connectivity index (χ1) is 8.27. The Bertz CT molecular complexity index is 387. The Morgan fingerprint density at radius 3 is 2.76 bits per heavy atom. The van der Waals surface area contributed by atoms with E-state index in [-0.39, 0.29) is 17.6 Å². The van der Waals surface area contributed by atoms with Gasteiger partial charge in [0.05, 0.1) is 0 Å². The van der Waals surface area contributed by atoms with Crippen molar-refractivity contribution in [2.45, 2.75) is 19.4 Å². The number of phenols is 1. The summed E-state index contributed by atoms with van der Waals surface area (Å²) >= 11 is 0. The summed E-state index contributed by atoms with van der Waals surface area (Å²) < 4.78 is 0. The van der Waals surface area contributed by atoms with Crippen molar-refractivity contribution in [3.05, 3.63) is 29.8 Å². The summed E-state index contributed by atoms with van der Waals surface area (Å²) in [5.74, 6) is 0.440. The van der Waals surface area contributed by atoms with Crippen LogP contribution in [-0.2, 0) is 11.3 Å². The molecule has 0 bridgehead atoms. The number of rotatable bonds is 3. The summed E-state index contributed by atoms with van der Waals surface area (Å²) in [6.07, 6.45) is 1.79. The lowest BCUT2D eigenvalue weighted by Gasteiger charge is -2.21. The van der Waals surface area contributed by atoms with Gasteiger partial charge in [0, 0.05) is 18.0 Å². The van der Waals surface area contributed by atoms with E-state index in [0.29, 0.717) is 6.54 Å². The number of hydrogen-bond acceptors (Lipinski definition) is 3. The fourth-order valence-electron chi connectivity index (χ4n) is 2.07. The van der Waals surface area contributed by atoms with Gasteiger partial charge in [-0.05, 0) is 32.0 Å². The molecule has 1 aliphatic heterocycles. The smallest absolute Gasteiger partial charge is 0.223 e. The van der Waals surface area contributed by atoms with Crippen LogP contribution in [-0.4, -0.2) is 24.1 Å². The molecule has 92 valence electrons. The highest BCUT2D eigenvalue weighted by molar-refractivity contribution is 5.78. The van der Waals surface area contributed by atoms with Crippen molar-refractivity contribution in [2.24, 2.45) is 5.92 Å². The zero-order valence-corrected chi connectivity index (χ0v) is 9.78. The maximum absolute atomic E-state index is 11.9. The molecule has 3 N–H and O–H groups in total. The molecule has 1 amide bonds. The highest BCUT2D eigenvalue weighted by Gasteiger charge is 2.20. The normalized spacial score (nSPS) is 16.7. The summed E-state index contributed by atoms with van der Waals surface area (Å²) in [4.78, 5) is 11.9. The van der Waals surface area contributed by atoms with Crippen molar-refractivity contribution in [1.29, 1.82) is 0 Å². The van der Waals surface area contributed by atoms with Crippen LogP contribution in [0.3, 0.4) is 0 Å². The summed E-state index contributed by atoms with van der Waals surface area (Å²) in [5.41, 5.74) is 0.759. The predicted molar refractivity (Wildman–Crippen MR) is 65.5 cm³/mol. The zero-order chi connectivity index (χ0) is 12.1. The quantitative estimate of drug-likeness (QED) is 0.731. The molecule has 4 nitrogen and oxygen atoms in total. The van der Waals surface area contributed by atoms with Crippen molar-refractivity contribution in [3.8, 4) is 5.75 Å². The van der Waals surface area contributed by atoms with Crippen molar-refractivity contribution in [1.82, 2.24) is 10.6 Å². The van der Waals surface area contributed by atoms with E-state index in [1.165, 1.54) is 0 Å². The van der Waals surface area contributed by atoms with Gasteiger partial charge in [0.15, 0.2) is 0 Å². The van der Waals surface area contributed by atoms with E-state index in [9.17, 15) is 9.90 Å². The number of aromatic hydroxyl groups is 1. The van der Waals surface area contributed by atoms with Crippen LogP contribution in [0.5, 0.6) is 5.75 Å². The average molecular weight is 234 g/mol. The number of carbonyl (C=O) groups is 1. The van der Waals surface area contributed by atoms with Gasteiger partial charge >= 0.3 is 0 Å². The maximum Gasteiger partial charge on any atom is 0.223 e. The first kappa shape index (κ1) is 11.9. The van der Waals surface area contributed by atoms with E-state index in [4.69, 9.17) is 0 Å². The van der Waals surface area contributed by atoms with Gasteiger partial charge in [0.2, 0.25) is 5.91 Å². The third-order valence-corrected chi connectivity index (χ3v) is 3.15. The molecule has 0 radical (unpaired) electrons. The molecule has 1 fully saturated rings. The van der Waals surface area contributed by atoms with Gasteiger partial charge in [-0.15, -0.1) is 0 Å². The molecule has 2 rings (SSSR count). The van der Waals surface area contributed by atoms with Gasteiger partial charge in [-0.25, -0.2) is 0 Å². The highest BCUT2D eigenvalue weighted by Crippen LogP contribution is 2.16. The molecule has 0 spiro atoms. The zero-order valence-electron chi connectivity index (χ0n) is 9.78. The van der Waals surface area contributed by atoms with Crippen LogP contribution >= 0.6 is 0 Å².